The largest absolute Gasteiger partial charge is 0.390 e. The molecule has 234 valence electrons. The Kier molecular flexibility index (Phi) is 13.2. The van der Waals surface area contributed by atoms with Gasteiger partial charge in [-0.3, -0.25) is 4.79 Å². The molecule has 44 heavy (non-hydrogen) atoms. The Labute approximate surface area is 265 Å². The summed E-state index contributed by atoms with van der Waals surface area (Å²) in [6, 6.07) is 0. The van der Waals surface area contributed by atoms with Crippen LogP contribution in [0.4, 0.5) is 0 Å². The second-order valence-electron chi connectivity index (χ2n) is 13.3. The normalized spacial score (nSPS) is 25.1. The molecule has 0 saturated heterocycles. The van der Waals surface area contributed by atoms with Crippen molar-refractivity contribution >= 4 is 5.78 Å². The summed E-state index contributed by atoms with van der Waals surface area (Å²) in [6.07, 6.45) is 18.3. The minimum atomic E-state index is -0.941. The number of aliphatic hydroxyl groups excluding tert-OH is 3. The van der Waals surface area contributed by atoms with Gasteiger partial charge in [0.1, 0.15) is 12.2 Å². The van der Waals surface area contributed by atoms with Gasteiger partial charge < -0.3 is 15.3 Å². The van der Waals surface area contributed by atoms with Gasteiger partial charge in [-0.25, -0.2) is 0 Å². The van der Waals surface area contributed by atoms with Gasteiger partial charge in [0.2, 0.25) is 0 Å². The average molecular weight is 595 g/mol. The van der Waals surface area contributed by atoms with Crippen LogP contribution in [0.1, 0.15) is 82.1 Å². The predicted molar refractivity (Wildman–Crippen MR) is 183 cm³/mol. The number of hydrogen-bond acceptors (Lipinski definition) is 4. The van der Waals surface area contributed by atoms with E-state index in [1.165, 1.54) is 0 Å². The van der Waals surface area contributed by atoms with E-state index in [1.54, 1.807) is 6.92 Å². The van der Waals surface area contributed by atoms with Crippen molar-refractivity contribution in [2.45, 2.75) is 100 Å². The van der Waals surface area contributed by atoms with Crippen LogP contribution in [0.3, 0.4) is 0 Å². The lowest BCUT2D eigenvalue weighted by molar-refractivity contribution is -0.125. The van der Waals surface area contributed by atoms with Gasteiger partial charge in [0, 0.05) is 27.5 Å². The summed E-state index contributed by atoms with van der Waals surface area (Å²) >= 11 is 0. The maximum Gasteiger partial charge on any atom is 0.187 e. The van der Waals surface area contributed by atoms with Crippen molar-refractivity contribution in [3.8, 4) is 23.7 Å². The molecule has 0 bridgehead atoms. The van der Waals surface area contributed by atoms with Gasteiger partial charge in [-0.05, 0) is 71.1 Å². The van der Waals surface area contributed by atoms with Crippen LogP contribution in [0, 0.1) is 34.5 Å². The molecule has 2 aliphatic carbocycles. The molecule has 2 aliphatic rings. The fraction of sp³-hybridized carbons (Fsp3) is 0.425. The van der Waals surface area contributed by atoms with E-state index in [4.69, 9.17) is 0 Å². The fourth-order valence-corrected chi connectivity index (χ4v) is 5.42. The molecule has 0 aromatic heterocycles. The van der Waals surface area contributed by atoms with E-state index in [2.05, 4.69) is 37.5 Å². The number of Topliss-reactive ketones (excluding diaryl/α,β-unsaturated/α-hetero) is 1. The molecule has 0 aromatic carbocycles. The van der Waals surface area contributed by atoms with Crippen molar-refractivity contribution in [3.63, 3.8) is 0 Å². The average Bonchev–Trinajstić information content (AvgIpc) is 2.92. The highest BCUT2D eigenvalue weighted by atomic mass is 16.3. The molecule has 0 heterocycles. The highest BCUT2D eigenvalue weighted by Crippen LogP contribution is 2.40. The fourth-order valence-electron chi connectivity index (χ4n) is 5.42. The smallest absolute Gasteiger partial charge is 0.187 e. The van der Waals surface area contributed by atoms with Gasteiger partial charge in [-0.2, -0.15) is 0 Å². The molecule has 0 aromatic rings. The Balaban J connectivity index is 1.98. The molecule has 0 aliphatic heterocycles. The molecule has 2 rings (SSSR count). The van der Waals surface area contributed by atoms with E-state index >= 15 is 0 Å². The van der Waals surface area contributed by atoms with Crippen LogP contribution in [0.15, 0.2) is 105 Å². The van der Waals surface area contributed by atoms with E-state index in [1.807, 2.05) is 109 Å². The Morgan fingerprint density at radius 2 is 1.16 bits per heavy atom. The van der Waals surface area contributed by atoms with E-state index in [-0.39, 0.29) is 16.6 Å². The number of ketones is 1. The minimum Gasteiger partial charge on any atom is -0.390 e. The molecule has 0 fully saturated rings. The molecule has 1 unspecified atom stereocenters. The van der Waals surface area contributed by atoms with Crippen LogP contribution in [-0.2, 0) is 4.79 Å². The van der Waals surface area contributed by atoms with Crippen molar-refractivity contribution in [1.82, 2.24) is 0 Å². The first-order valence-corrected chi connectivity index (χ1v) is 15.2. The van der Waals surface area contributed by atoms with Crippen LogP contribution in [-0.4, -0.2) is 39.4 Å². The molecule has 4 heteroatoms. The zero-order valence-electron chi connectivity index (χ0n) is 28.2. The van der Waals surface area contributed by atoms with Crippen LogP contribution in [0.25, 0.3) is 0 Å². The van der Waals surface area contributed by atoms with E-state index in [0.717, 1.165) is 39.0 Å². The topological polar surface area (TPSA) is 77.8 Å². The molecule has 0 amide bonds. The summed E-state index contributed by atoms with van der Waals surface area (Å²) in [7, 11) is 0. The predicted octanol–water partition coefficient (Wildman–Crippen LogP) is 7.59. The summed E-state index contributed by atoms with van der Waals surface area (Å²) in [5.74, 6) is 12.5. The number of aliphatic hydroxyl groups is 3. The van der Waals surface area contributed by atoms with Crippen molar-refractivity contribution in [2.24, 2.45) is 10.8 Å². The van der Waals surface area contributed by atoms with Gasteiger partial charge in [-0.15, -0.1) is 0 Å². The Hall–Kier alpha value is -3.67. The number of rotatable bonds is 6. The Morgan fingerprint density at radius 1 is 0.705 bits per heavy atom. The maximum absolute atomic E-state index is 12.2. The molecular formula is C40H50O4. The second kappa shape index (κ2) is 15.9. The monoisotopic (exact) mass is 594 g/mol. The first kappa shape index (κ1) is 36.5. The standard InChI is InChI=1S/C40H50O4/c1-27(17-13-19-29(3)21-23-33-31(5)37(43)35(41)25-39(33,7)8)15-11-12-16-28(2)18-14-20-30(4)22-24-34-32(6)38(44)36(42)26-40(34,9)10/h11-20,35-37,41-43H,25-26H2,1-10H3/b12-11+,17-13+,18-14+,27-15+,28-16+,29-19+,30-20+/t35-,36-,37?/m0/s1. The molecule has 3 atom stereocenters. The third-order valence-corrected chi connectivity index (χ3v) is 8.04. The van der Waals surface area contributed by atoms with Gasteiger partial charge >= 0.3 is 0 Å². The molecule has 0 spiro atoms. The quantitative estimate of drug-likeness (QED) is 0.219. The van der Waals surface area contributed by atoms with Gasteiger partial charge in [0.15, 0.2) is 5.78 Å². The van der Waals surface area contributed by atoms with Crippen molar-refractivity contribution in [2.75, 3.05) is 0 Å². The first-order chi connectivity index (χ1) is 20.5. The third kappa shape index (κ3) is 10.5. The lowest BCUT2D eigenvalue weighted by Gasteiger charge is -2.37. The van der Waals surface area contributed by atoms with Crippen molar-refractivity contribution in [1.29, 1.82) is 0 Å². The minimum absolute atomic E-state index is 0.226. The zero-order chi connectivity index (χ0) is 33.2. The molecule has 3 N–H and O–H groups in total. The van der Waals surface area contributed by atoms with Crippen LogP contribution < -0.4 is 0 Å². The molecular weight excluding hydrogens is 544 g/mol. The SMILES string of the molecule is CC1=C(C#C/C(C)=C/C=C/C(C)=C/C=C/C=C(C)/C=C/C=C(\C)C#CC2=C(C)C(O)[C@@H](O)CC2(C)C)C(C)(C)C[C@H](O)C1=O. The van der Waals surface area contributed by atoms with Gasteiger partial charge in [0.05, 0.1) is 6.10 Å². The lowest BCUT2D eigenvalue weighted by atomic mass is 9.71. The highest BCUT2D eigenvalue weighted by molar-refractivity contribution is 6.00. The Morgan fingerprint density at radius 3 is 1.66 bits per heavy atom. The van der Waals surface area contributed by atoms with Gasteiger partial charge in [0.25, 0.3) is 0 Å². The van der Waals surface area contributed by atoms with E-state index < -0.39 is 18.3 Å². The van der Waals surface area contributed by atoms with Crippen LogP contribution in [0.5, 0.6) is 0 Å². The number of carbonyl (C=O) groups is 1. The number of allylic oxidation sites excluding steroid dienone is 16. The Bertz CT molecular complexity index is 1520. The molecule has 0 radical (unpaired) electrons. The summed E-state index contributed by atoms with van der Waals surface area (Å²) < 4.78 is 0. The van der Waals surface area contributed by atoms with Crippen LogP contribution in [0.2, 0.25) is 0 Å². The molecule has 4 nitrogen and oxygen atoms in total. The summed E-state index contributed by atoms with van der Waals surface area (Å²) in [5, 5.41) is 30.3. The zero-order valence-corrected chi connectivity index (χ0v) is 28.2. The first-order valence-electron chi connectivity index (χ1n) is 15.2. The number of hydrogen-bond donors (Lipinski definition) is 3. The lowest BCUT2D eigenvalue weighted by Crippen LogP contribution is -2.39. The highest BCUT2D eigenvalue weighted by Gasteiger charge is 2.38. The third-order valence-electron chi connectivity index (χ3n) is 8.04. The van der Waals surface area contributed by atoms with Gasteiger partial charge in [-0.1, -0.05) is 123 Å². The summed E-state index contributed by atoms with van der Waals surface area (Å²) in [4.78, 5) is 12.2. The number of carbonyl (C=O) groups excluding carboxylic acids is 1. The van der Waals surface area contributed by atoms with Crippen molar-refractivity contribution < 1.29 is 20.1 Å². The van der Waals surface area contributed by atoms with E-state index in [0.29, 0.717) is 18.4 Å². The van der Waals surface area contributed by atoms with E-state index in [9.17, 15) is 20.1 Å². The molecule has 0 saturated carbocycles. The summed E-state index contributed by atoms with van der Waals surface area (Å²) in [6.45, 7) is 19.7. The van der Waals surface area contributed by atoms with Crippen molar-refractivity contribution in [3.05, 3.63) is 105 Å². The second-order valence-corrected chi connectivity index (χ2v) is 13.3. The summed E-state index contributed by atoms with van der Waals surface area (Å²) in [5.41, 5.74) is 6.42. The van der Waals surface area contributed by atoms with Crippen LogP contribution >= 0.6 is 0 Å². The maximum atomic E-state index is 12.2.